The minimum absolute atomic E-state index is 0.159. The van der Waals surface area contributed by atoms with E-state index in [1.807, 2.05) is 23.1 Å². The number of anilines is 2. The average molecular weight is 444 g/mol. The quantitative estimate of drug-likeness (QED) is 0.514. The molecule has 5 rings (SSSR count). The van der Waals surface area contributed by atoms with Crippen molar-refractivity contribution in [2.45, 2.75) is 38.1 Å². The molecule has 1 aliphatic heterocycles. The largest absolute Gasteiger partial charge is 0.340 e. The third-order valence-corrected chi connectivity index (χ3v) is 6.24. The number of nitrogens with zero attached hydrogens (tertiary/aromatic N) is 4. The average Bonchev–Trinajstić information content (AvgIpc) is 3.52. The van der Waals surface area contributed by atoms with Crippen LogP contribution in [0.15, 0.2) is 67.0 Å². The summed E-state index contributed by atoms with van der Waals surface area (Å²) in [6.07, 6.45) is 12.1. The monoisotopic (exact) mass is 443 g/mol. The Morgan fingerprint density at radius 2 is 2.00 bits per heavy atom. The minimum atomic E-state index is -0.322. The first kappa shape index (κ1) is 21.2. The van der Waals surface area contributed by atoms with E-state index in [1.54, 1.807) is 24.5 Å². The molecule has 2 aromatic heterocycles. The van der Waals surface area contributed by atoms with Gasteiger partial charge in [0.15, 0.2) is 5.82 Å². The Labute approximate surface area is 192 Å². The molecule has 1 amide bonds. The zero-order valence-electron chi connectivity index (χ0n) is 18.3. The number of amides is 1. The molecule has 6 nitrogen and oxygen atoms in total. The van der Waals surface area contributed by atoms with Gasteiger partial charge in [0.25, 0.3) is 0 Å². The normalized spacial score (nSPS) is 19.7. The number of nitrogens with one attached hydrogen (secondary N) is 1. The molecular formula is C26H26FN5O. The number of likely N-dealkylation sites (tertiary alicyclic amines) is 1. The number of pyridine rings is 1. The van der Waals surface area contributed by atoms with Gasteiger partial charge in [-0.1, -0.05) is 18.2 Å². The lowest BCUT2D eigenvalue weighted by Gasteiger charge is -2.25. The van der Waals surface area contributed by atoms with Gasteiger partial charge in [-0.25, -0.2) is 14.4 Å². The van der Waals surface area contributed by atoms with Gasteiger partial charge in [0, 0.05) is 42.7 Å². The summed E-state index contributed by atoms with van der Waals surface area (Å²) in [5, 5.41) is 3.20. The van der Waals surface area contributed by atoms with E-state index in [4.69, 9.17) is 9.97 Å². The lowest BCUT2D eigenvalue weighted by molar-refractivity contribution is -0.133. The fraction of sp³-hybridized carbons (Fsp3) is 0.308. The van der Waals surface area contributed by atoms with Gasteiger partial charge in [-0.3, -0.25) is 9.78 Å². The van der Waals surface area contributed by atoms with E-state index < -0.39 is 0 Å². The van der Waals surface area contributed by atoms with Crippen molar-refractivity contribution < 1.29 is 9.18 Å². The Morgan fingerprint density at radius 1 is 1.12 bits per heavy atom. The van der Waals surface area contributed by atoms with Crippen molar-refractivity contribution in [3.05, 3.63) is 78.7 Å². The van der Waals surface area contributed by atoms with E-state index in [2.05, 4.69) is 22.5 Å². The summed E-state index contributed by atoms with van der Waals surface area (Å²) in [4.78, 5) is 28.8. The summed E-state index contributed by atoms with van der Waals surface area (Å²) in [7, 11) is 0. The summed E-state index contributed by atoms with van der Waals surface area (Å²) in [6.45, 7) is 0.718. The van der Waals surface area contributed by atoms with Crippen molar-refractivity contribution in [1.29, 1.82) is 0 Å². The lowest BCUT2D eigenvalue weighted by Crippen LogP contribution is -2.32. The molecule has 3 heterocycles. The molecule has 2 atom stereocenters. The Balaban J connectivity index is 1.47. The molecule has 1 fully saturated rings. The molecule has 2 aliphatic rings. The fourth-order valence-electron chi connectivity index (χ4n) is 4.60. The number of carbonyl (C=O) groups excluding carboxylic acids is 1. The van der Waals surface area contributed by atoms with Gasteiger partial charge in [0.05, 0.1) is 11.7 Å². The number of carbonyl (C=O) groups is 1. The second kappa shape index (κ2) is 9.48. The van der Waals surface area contributed by atoms with E-state index in [0.717, 1.165) is 43.5 Å². The molecule has 7 heteroatoms. The van der Waals surface area contributed by atoms with Crippen molar-refractivity contribution in [3.63, 3.8) is 0 Å². The second-order valence-electron chi connectivity index (χ2n) is 8.58. The maximum Gasteiger partial charge on any atom is 0.223 e. The highest BCUT2D eigenvalue weighted by Gasteiger charge is 2.33. The van der Waals surface area contributed by atoms with Gasteiger partial charge < -0.3 is 10.2 Å². The maximum absolute atomic E-state index is 13.7. The van der Waals surface area contributed by atoms with Crippen LogP contribution in [0.4, 0.5) is 15.9 Å². The van der Waals surface area contributed by atoms with E-state index in [-0.39, 0.29) is 17.8 Å². The summed E-state index contributed by atoms with van der Waals surface area (Å²) in [6, 6.07) is 11.7. The van der Waals surface area contributed by atoms with Crippen LogP contribution in [0.1, 0.15) is 44.0 Å². The van der Waals surface area contributed by atoms with Gasteiger partial charge in [-0.15, -0.1) is 0 Å². The third kappa shape index (κ3) is 4.92. The number of halogens is 1. The highest BCUT2D eigenvalue weighted by molar-refractivity contribution is 5.77. The SMILES string of the molecule is O=C(C[C@H]1C=CCC1)N1CCC[C@@H]1c1nc(Nc2cccc(F)c2)cc(-c2ccncc2)n1. The first-order valence-corrected chi connectivity index (χ1v) is 11.4. The van der Waals surface area contributed by atoms with Crippen molar-refractivity contribution in [2.75, 3.05) is 11.9 Å². The Hall–Kier alpha value is -3.61. The predicted molar refractivity (Wildman–Crippen MR) is 125 cm³/mol. The molecule has 33 heavy (non-hydrogen) atoms. The molecule has 0 spiro atoms. The third-order valence-electron chi connectivity index (χ3n) is 6.24. The number of benzene rings is 1. The van der Waals surface area contributed by atoms with E-state index >= 15 is 0 Å². The molecule has 1 aliphatic carbocycles. The first-order valence-electron chi connectivity index (χ1n) is 11.4. The Bertz CT molecular complexity index is 1170. The van der Waals surface area contributed by atoms with Gasteiger partial charge >= 0.3 is 0 Å². The number of hydrogen-bond acceptors (Lipinski definition) is 5. The van der Waals surface area contributed by atoms with Crippen LogP contribution < -0.4 is 5.32 Å². The van der Waals surface area contributed by atoms with Crippen LogP contribution >= 0.6 is 0 Å². The first-order chi connectivity index (χ1) is 16.2. The van der Waals surface area contributed by atoms with Crippen LogP contribution in [-0.4, -0.2) is 32.3 Å². The van der Waals surface area contributed by atoms with Gasteiger partial charge in [-0.2, -0.15) is 0 Å². The molecule has 0 radical (unpaired) electrons. The van der Waals surface area contributed by atoms with Crippen LogP contribution in [-0.2, 0) is 4.79 Å². The standard InChI is InChI=1S/C26H26FN5O/c27-20-7-3-8-21(16-20)29-24-17-22(19-10-12-28-13-11-19)30-26(31-24)23-9-4-14-32(23)25(33)15-18-5-1-2-6-18/h1,3,5,7-8,10-13,16-18,23H,2,4,6,9,14-15H2,(H,29,30,31)/t18-,23+/m0/s1. The molecule has 1 aromatic carbocycles. The molecule has 0 unspecified atom stereocenters. The van der Waals surface area contributed by atoms with Crippen molar-refractivity contribution in [2.24, 2.45) is 5.92 Å². The van der Waals surface area contributed by atoms with Gasteiger partial charge in [0.2, 0.25) is 5.91 Å². The van der Waals surface area contributed by atoms with Crippen LogP contribution in [0.5, 0.6) is 0 Å². The molecule has 3 aromatic rings. The summed E-state index contributed by atoms with van der Waals surface area (Å²) in [5.74, 6) is 1.34. The van der Waals surface area contributed by atoms with E-state index in [1.165, 1.54) is 12.1 Å². The molecule has 168 valence electrons. The summed E-state index contributed by atoms with van der Waals surface area (Å²) >= 11 is 0. The fourth-order valence-corrected chi connectivity index (χ4v) is 4.60. The molecule has 0 saturated carbocycles. The molecule has 1 saturated heterocycles. The zero-order valence-corrected chi connectivity index (χ0v) is 18.3. The second-order valence-corrected chi connectivity index (χ2v) is 8.58. The van der Waals surface area contributed by atoms with Gasteiger partial charge in [0.1, 0.15) is 11.6 Å². The zero-order chi connectivity index (χ0) is 22.6. The highest BCUT2D eigenvalue weighted by Crippen LogP contribution is 2.34. The smallest absolute Gasteiger partial charge is 0.223 e. The summed E-state index contributed by atoms with van der Waals surface area (Å²) in [5.41, 5.74) is 2.25. The summed E-state index contributed by atoms with van der Waals surface area (Å²) < 4.78 is 13.7. The Kier molecular flexibility index (Phi) is 6.11. The van der Waals surface area contributed by atoms with E-state index in [9.17, 15) is 9.18 Å². The van der Waals surface area contributed by atoms with Crippen molar-refractivity contribution in [3.8, 4) is 11.3 Å². The molecule has 1 N–H and O–H groups in total. The Morgan fingerprint density at radius 3 is 2.79 bits per heavy atom. The molecule has 0 bridgehead atoms. The number of rotatable bonds is 6. The van der Waals surface area contributed by atoms with Crippen LogP contribution in [0.2, 0.25) is 0 Å². The number of allylic oxidation sites excluding steroid dienone is 2. The highest BCUT2D eigenvalue weighted by atomic mass is 19.1. The van der Waals surface area contributed by atoms with Crippen LogP contribution in [0.3, 0.4) is 0 Å². The van der Waals surface area contributed by atoms with E-state index in [0.29, 0.717) is 29.7 Å². The maximum atomic E-state index is 13.7. The number of aromatic nitrogens is 3. The minimum Gasteiger partial charge on any atom is -0.340 e. The van der Waals surface area contributed by atoms with Crippen LogP contribution in [0, 0.1) is 11.7 Å². The topological polar surface area (TPSA) is 71.0 Å². The lowest BCUT2D eigenvalue weighted by atomic mass is 10.0. The number of hydrogen-bond donors (Lipinski definition) is 1. The van der Waals surface area contributed by atoms with Crippen molar-refractivity contribution in [1.82, 2.24) is 19.9 Å². The van der Waals surface area contributed by atoms with Gasteiger partial charge in [-0.05, 0) is 61.9 Å². The molecular weight excluding hydrogens is 417 g/mol. The van der Waals surface area contributed by atoms with Crippen LogP contribution in [0.25, 0.3) is 11.3 Å². The predicted octanol–water partition coefficient (Wildman–Crippen LogP) is 5.44. The van der Waals surface area contributed by atoms with Crippen molar-refractivity contribution >= 4 is 17.4 Å².